The summed E-state index contributed by atoms with van der Waals surface area (Å²) in [7, 11) is -3.64. The van der Waals surface area contributed by atoms with E-state index in [0.29, 0.717) is 11.6 Å². The Morgan fingerprint density at radius 2 is 1.40 bits per heavy atom. The molecule has 0 spiro atoms. The molecule has 160 valence electrons. The second kappa shape index (κ2) is 11.3. The average Bonchev–Trinajstić information content (AvgIpc) is 2.71. The van der Waals surface area contributed by atoms with Crippen LogP contribution in [0, 0.1) is 0 Å². The number of halogens is 2. The van der Waals surface area contributed by atoms with E-state index in [-0.39, 0.29) is 17.3 Å². The van der Waals surface area contributed by atoms with Crippen molar-refractivity contribution < 1.29 is 13.2 Å². The third-order valence-electron chi connectivity index (χ3n) is 4.41. The molecule has 0 bridgehead atoms. The van der Waals surface area contributed by atoms with E-state index in [1.807, 2.05) is 48.5 Å². The standard InChI is InChI=1S/C22H23ClN2O3S.ClH/c23-20-7-1-19(2-8-20)16-28-21-9-3-18(4-10-21)15-25-14-13-17-5-11-22(12-6-17)29(24,26)27;/h1-12,25H,13-16H2,(H2,24,26,27);1H. The molecular formula is C22H24Cl2N2O3S. The van der Waals surface area contributed by atoms with Crippen LogP contribution in [0.5, 0.6) is 5.75 Å². The van der Waals surface area contributed by atoms with Crippen molar-refractivity contribution in [2.24, 2.45) is 5.14 Å². The van der Waals surface area contributed by atoms with E-state index >= 15 is 0 Å². The van der Waals surface area contributed by atoms with Gasteiger partial charge in [0.05, 0.1) is 4.90 Å². The summed E-state index contributed by atoms with van der Waals surface area (Å²) in [5.74, 6) is 0.818. The maximum Gasteiger partial charge on any atom is 0.238 e. The van der Waals surface area contributed by atoms with Crippen molar-refractivity contribution in [2.75, 3.05) is 6.54 Å². The number of nitrogens with one attached hydrogen (secondary N) is 1. The summed E-state index contributed by atoms with van der Waals surface area (Å²) < 4.78 is 28.3. The second-order valence-electron chi connectivity index (χ2n) is 6.67. The summed E-state index contributed by atoms with van der Waals surface area (Å²) in [5, 5.41) is 9.20. The molecule has 3 rings (SSSR count). The van der Waals surface area contributed by atoms with Gasteiger partial charge in [-0.15, -0.1) is 12.4 Å². The average molecular weight is 467 g/mol. The Morgan fingerprint density at radius 3 is 2.00 bits per heavy atom. The first-order valence-corrected chi connectivity index (χ1v) is 11.1. The molecule has 0 unspecified atom stereocenters. The van der Waals surface area contributed by atoms with Gasteiger partial charge in [0.2, 0.25) is 10.0 Å². The van der Waals surface area contributed by atoms with Crippen LogP contribution in [0.25, 0.3) is 0 Å². The summed E-state index contributed by atoms with van der Waals surface area (Å²) in [5.41, 5.74) is 3.28. The van der Waals surface area contributed by atoms with Crippen molar-refractivity contribution in [3.63, 3.8) is 0 Å². The minimum atomic E-state index is -3.64. The maximum atomic E-state index is 11.3. The molecule has 0 saturated carbocycles. The second-order valence-corrected chi connectivity index (χ2v) is 8.67. The molecule has 0 fully saturated rings. The van der Waals surface area contributed by atoms with Crippen molar-refractivity contribution in [2.45, 2.75) is 24.5 Å². The van der Waals surface area contributed by atoms with Crippen LogP contribution in [0.4, 0.5) is 0 Å². The monoisotopic (exact) mass is 466 g/mol. The van der Waals surface area contributed by atoms with Crippen molar-refractivity contribution >= 4 is 34.0 Å². The van der Waals surface area contributed by atoms with Crippen LogP contribution in [-0.4, -0.2) is 15.0 Å². The van der Waals surface area contributed by atoms with E-state index in [0.717, 1.165) is 42.0 Å². The Bertz CT molecular complexity index is 1020. The molecule has 0 amide bonds. The van der Waals surface area contributed by atoms with E-state index in [1.54, 1.807) is 12.1 Å². The smallest absolute Gasteiger partial charge is 0.238 e. The first-order chi connectivity index (χ1) is 13.9. The number of primary sulfonamides is 1. The highest BCUT2D eigenvalue weighted by molar-refractivity contribution is 7.89. The van der Waals surface area contributed by atoms with Crippen LogP contribution >= 0.6 is 24.0 Å². The van der Waals surface area contributed by atoms with Gasteiger partial charge in [-0.2, -0.15) is 0 Å². The van der Waals surface area contributed by atoms with Gasteiger partial charge in [-0.25, -0.2) is 13.6 Å². The molecule has 0 heterocycles. The molecule has 3 N–H and O–H groups in total. The van der Waals surface area contributed by atoms with Crippen molar-refractivity contribution in [3.05, 3.63) is 94.5 Å². The highest BCUT2D eigenvalue weighted by Gasteiger charge is 2.06. The molecule has 0 aliphatic rings. The lowest BCUT2D eigenvalue weighted by Crippen LogP contribution is -2.17. The third kappa shape index (κ3) is 7.63. The molecule has 3 aromatic rings. The molecule has 0 aliphatic heterocycles. The summed E-state index contributed by atoms with van der Waals surface area (Å²) >= 11 is 5.88. The lowest BCUT2D eigenvalue weighted by molar-refractivity contribution is 0.306. The number of sulfonamides is 1. The van der Waals surface area contributed by atoms with Gasteiger partial charge in [0.25, 0.3) is 0 Å². The topological polar surface area (TPSA) is 81.4 Å². The van der Waals surface area contributed by atoms with Crippen molar-refractivity contribution in [1.82, 2.24) is 5.32 Å². The van der Waals surface area contributed by atoms with Crippen LogP contribution in [0.3, 0.4) is 0 Å². The predicted molar refractivity (Wildman–Crippen MR) is 123 cm³/mol. The van der Waals surface area contributed by atoms with Crippen LogP contribution in [0.15, 0.2) is 77.7 Å². The van der Waals surface area contributed by atoms with Gasteiger partial charge < -0.3 is 10.1 Å². The number of hydrogen-bond donors (Lipinski definition) is 2. The molecule has 8 heteroatoms. The first kappa shape index (κ1) is 24.2. The van der Waals surface area contributed by atoms with Gasteiger partial charge in [-0.1, -0.05) is 48.0 Å². The van der Waals surface area contributed by atoms with Crippen LogP contribution in [-0.2, 0) is 29.6 Å². The van der Waals surface area contributed by atoms with Crippen LogP contribution in [0.2, 0.25) is 5.02 Å². The van der Waals surface area contributed by atoms with Gasteiger partial charge in [-0.3, -0.25) is 0 Å². The molecule has 5 nitrogen and oxygen atoms in total. The zero-order chi connectivity index (χ0) is 20.7. The van der Waals surface area contributed by atoms with E-state index in [4.69, 9.17) is 21.5 Å². The molecule has 0 saturated heterocycles. The molecule has 0 atom stereocenters. The summed E-state index contributed by atoms with van der Waals surface area (Å²) in [6, 6.07) is 22.2. The van der Waals surface area contributed by atoms with E-state index in [2.05, 4.69) is 5.32 Å². The van der Waals surface area contributed by atoms with E-state index in [1.165, 1.54) is 12.1 Å². The normalized spacial score (nSPS) is 11.0. The molecular weight excluding hydrogens is 443 g/mol. The van der Waals surface area contributed by atoms with Crippen LogP contribution < -0.4 is 15.2 Å². The highest BCUT2D eigenvalue weighted by Crippen LogP contribution is 2.16. The molecule has 0 radical (unpaired) electrons. The highest BCUT2D eigenvalue weighted by atomic mass is 35.5. The SMILES string of the molecule is Cl.NS(=O)(=O)c1ccc(CCNCc2ccc(OCc3ccc(Cl)cc3)cc2)cc1. The van der Waals surface area contributed by atoms with Gasteiger partial charge in [-0.05, 0) is 66.1 Å². The Morgan fingerprint density at radius 1 is 0.833 bits per heavy atom. The van der Waals surface area contributed by atoms with Crippen molar-refractivity contribution in [3.8, 4) is 5.75 Å². The van der Waals surface area contributed by atoms with E-state index in [9.17, 15) is 8.42 Å². The van der Waals surface area contributed by atoms with Crippen molar-refractivity contribution in [1.29, 1.82) is 0 Å². The molecule has 3 aromatic carbocycles. The Hall–Kier alpha value is -2.09. The predicted octanol–water partition coefficient (Wildman–Crippen LogP) is 4.32. The first-order valence-electron chi connectivity index (χ1n) is 9.19. The fraction of sp³-hybridized carbons (Fsp3) is 0.182. The lowest BCUT2D eigenvalue weighted by atomic mass is 10.1. The number of hydrogen-bond acceptors (Lipinski definition) is 4. The fourth-order valence-corrected chi connectivity index (χ4v) is 3.40. The Balaban J connectivity index is 0.00000320. The zero-order valence-electron chi connectivity index (χ0n) is 16.3. The van der Waals surface area contributed by atoms with Crippen LogP contribution in [0.1, 0.15) is 16.7 Å². The van der Waals surface area contributed by atoms with Gasteiger partial charge in [0, 0.05) is 11.6 Å². The number of ether oxygens (including phenoxy) is 1. The fourth-order valence-electron chi connectivity index (χ4n) is 2.76. The maximum absolute atomic E-state index is 11.3. The molecule has 0 aromatic heterocycles. The minimum absolute atomic E-state index is 0. The lowest BCUT2D eigenvalue weighted by Gasteiger charge is -2.09. The summed E-state index contributed by atoms with van der Waals surface area (Å²) in [4.78, 5) is 0.132. The largest absolute Gasteiger partial charge is 0.489 e. The third-order valence-corrected chi connectivity index (χ3v) is 5.59. The van der Waals surface area contributed by atoms with E-state index < -0.39 is 10.0 Å². The quantitative estimate of drug-likeness (QED) is 0.460. The number of nitrogens with two attached hydrogens (primary N) is 1. The Labute approximate surface area is 188 Å². The van der Waals surface area contributed by atoms with Gasteiger partial charge in [0.15, 0.2) is 0 Å². The number of rotatable bonds is 9. The zero-order valence-corrected chi connectivity index (χ0v) is 18.6. The van der Waals surface area contributed by atoms with Gasteiger partial charge in [0.1, 0.15) is 12.4 Å². The summed E-state index contributed by atoms with van der Waals surface area (Å²) in [6.45, 7) is 2.02. The number of benzene rings is 3. The minimum Gasteiger partial charge on any atom is -0.489 e. The molecule has 0 aliphatic carbocycles. The Kier molecular flexibility index (Phi) is 9.14. The molecule has 30 heavy (non-hydrogen) atoms. The summed E-state index contributed by atoms with van der Waals surface area (Å²) in [6.07, 6.45) is 0.799. The van der Waals surface area contributed by atoms with Gasteiger partial charge >= 0.3 is 0 Å².